The van der Waals surface area contributed by atoms with Crippen molar-refractivity contribution in [2.75, 3.05) is 5.32 Å². The average molecular weight is 310 g/mol. The lowest BCUT2D eigenvalue weighted by molar-refractivity contribution is -0.118. The van der Waals surface area contributed by atoms with E-state index >= 15 is 0 Å². The van der Waals surface area contributed by atoms with Crippen LogP contribution in [0.3, 0.4) is 0 Å². The molecule has 0 aliphatic carbocycles. The third kappa shape index (κ3) is 5.53. The molecular weight excluding hydrogens is 284 g/mol. The average Bonchev–Trinajstić information content (AvgIpc) is 2.55. The Kier molecular flexibility index (Phi) is 6.36. The number of amides is 1. The maximum Gasteiger partial charge on any atom is 0.241 e. The Bertz CT molecular complexity index is 596. The summed E-state index contributed by atoms with van der Waals surface area (Å²) in [6.07, 6.45) is 0.993. The predicted octanol–water partition coefficient (Wildman–Crippen LogP) is 4.39. The summed E-state index contributed by atoms with van der Waals surface area (Å²) in [6, 6.07) is 19.8. The molecular formula is C20H26N2O. The summed E-state index contributed by atoms with van der Waals surface area (Å²) in [5, 5.41) is 6.42. The molecule has 2 N–H and O–H groups in total. The smallest absolute Gasteiger partial charge is 0.241 e. The highest BCUT2D eigenvalue weighted by Crippen LogP contribution is 2.22. The third-order valence-electron chi connectivity index (χ3n) is 3.79. The minimum absolute atomic E-state index is 0.0131. The number of anilines is 1. The van der Waals surface area contributed by atoms with E-state index < -0.39 is 0 Å². The molecule has 0 saturated carbocycles. The van der Waals surface area contributed by atoms with E-state index in [1.807, 2.05) is 55.5 Å². The summed E-state index contributed by atoms with van der Waals surface area (Å²) in [4.78, 5) is 12.4. The van der Waals surface area contributed by atoms with Gasteiger partial charge in [0.2, 0.25) is 5.91 Å². The van der Waals surface area contributed by atoms with E-state index in [0.717, 1.165) is 12.1 Å². The fourth-order valence-electron chi connectivity index (χ4n) is 2.61. The SMILES string of the molecule is CC(C)C[C@@H](N[C@H](C)C(=O)Nc1ccccc1)c1ccccc1. The highest BCUT2D eigenvalue weighted by molar-refractivity contribution is 5.94. The van der Waals surface area contributed by atoms with Crippen LogP contribution in [0.25, 0.3) is 0 Å². The number of para-hydroxylation sites is 1. The monoisotopic (exact) mass is 310 g/mol. The summed E-state index contributed by atoms with van der Waals surface area (Å²) in [5.41, 5.74) is 2.05. The molecule has 1 amide bonds. The van der Waals surface area contributed by atoms with Crippen molar-refractivity contribution >= 4 is 11.6 Å². The molecule has 0 radical (unpaired) electrons. The van der Waals surface area contributed by atoms with Crippen molar-refractivity contribution in [3.8, 4) is 0 Å². The van der Waals surface area contributed by atoms with Gasteiger partial charge in [-0.1, -0.05) is 62.4 Å². The van der Waals surface area contributed by atoms with E-state index in [9.17, 15) is 4.79 Å². The van der Waals surface area contributed by atoms with Gasteiger partial charge in [0.05, 0.1) is 6.04 Å². The molecule has 0 unspecified atom stereocenters. The predicted molar refractivity (Wildman–Crippen MR) is 96.3 cm³/mol. The van der Waals surface area contributed by atoms with Gasteiger partial charge in [0.15, 0.2) is 0 Å². The summed E-state index contributed by atoms with van der Waals surface area (Å²) in [7, 11) is 0. The second-order valence-corrected chi connectivity index (χ2v) is 6.34. The highest BCUT2D eigenvalue weighted by atomic mass is 16.2. The molecule has 0 aromatic heterocycles. The number of nitrogens with one attached hydrogen (secondary N) is 2. The second-order valence-electron chi connectivity index (χ2n) is 6.34. The van der Waals surface area contributed by atoms with Crippen LogP contribution < -0.4 is 10.6 Å². The Morgan fingerprint density at radius 2 is 1.48 bits per heavy atom. The Hall–Kier alpha value is -2.13. The van der Waals surface area contributed by atoms with Gasteiger partial charge in [-0.15, -0.1) is 0 Å². The molecule has 2 atom stereocenters. The first-order valence-corrected chi connectivity index (χ1v) is 8.23. The molecule has 2 aromatic rings. The molecule has 2 rings (SSSR count). The number of rotatable bonds is 7. The summed E-state index contributed by atoms with van der Waals surface area (Å²) >= 11 is 0. The maximum absolute atomic E-state index is 12.4. The standard InChI is InChI=1S/C20H26N2O/c1-15(2)14-19(17-10-6-4-7-11-17)21-16(3)20(23)22-18-12-8-5-9-13-18/h4-13,15-16,19,21H,14H2,1-3H3,(H,22,23)/t16-,19-/m1/s1. The van der Waals surface area contributed by atoms with E-state index in [2.05, 4.69) is 36.6 Å². The Labute approximate surface area is 139 Å². The highest BCUT2D eigenvalue weighted by Gasteiger charge is 2.20. The molecule has 3 nitrogen and oxygen atoms in total. The van der Waals surface area contributed by atoms with Crippen LogP contribution in [0.5, 0.6) is 0 Å². The lowest BCUT2D eigenvalue weighted by atomic mass is 9.96. The second kappa shape index (κ2) is 8.49. The van der Waals surface area contributed by atoms with Crippen molar-refractivity contribution in [3.05, 3.63) is 66.2 Å². The minimum atomic E-state index is -0.265. The van der Waals surface area contributed by atoms with Crippen LogP contribution in [0.4, 0.5) is 5.69 Å². The van der Waals surface area contributed by atoms with Crippen LogP contribution in [0.2, 0.25) is 0 Å². The van der Waals surface area contributed by atoms with Gasteiger partial charge >= 0.3 is 0 Å². The number of carbonyl (C=O) groups excluding carboxylic acids is 1. The van der Waals surface area contributed by atoms with E-state index in [-0.39, 0.29) is 18.0 Å². The van der Waals surface area contributed by atoms with Gasteiger partial charge in [-0.05, 0) is 37.0 Å². The number of carbonyl (C=O) groups is 1. The van der Waals surface area contributed by atoms with E-state index in [1.165, 1.54) is 5.56 Å². The lowest BCUT2D eigenvalue weighted by Gasteiger charge is -2.25. The van der Waals surface area contributed by atoms with Gasteiger partial charge in [-0.25, -0.2) is 0 Å². The van der Waals surface area contributed by atoms with E-state index in [1.54, 1.807) is 0 Å². The Morgan fingerprint density at radius 1 is 0.913 bits per heavy atom. The molecule has 0 aliphatic heterocycles. The van der Waals surface area contributed by atoms with E-state index in [4.69, 9.17) is 0 Å². The van der Waals surface area contributed by atoms with Gasteiger partial charge in [0.1, 0.15) is 0 Å². The van der Waals surface area contributed by atoms with Crippen LogP contribution >= 0.6 is 0 Å². The number of hydrogen-bond donors (Lipinski definition) is 2. The van der Waals surface area contributed by atoms with E-state index in [0.29, 0.717) is 5.92 Å². The van der Waals surface area contributed by atoms with Crippen LogP contribution in [-0.4, -0.2) is 11.9 Å². The first-order valence-electron chi connectivity index (χ1n) is 8.23. The first kappa shape index (κ1) is 17.2. The number of benzene rings is 2. The topological polar surface area (TPSA) is 41.1 Å². The maximum atomic E-state index is 12.4. The van der Waals surface area contributed by atoms with Crippen LogP contribution in [0.15, 0.2) is 60.7 Å². The first-order chi connectivity index (χ1) is 11.1. The zero-order valence-corrected chi connectivity index (χ0v) is 14.1. The largest absolute Gasteiger partial charge is 0.325 e. The zero-order valence-electron chi connectivity index (χ0n) is 14.1. The van der Waals surface area contributed by atoms with Crippen LogP contribution in [-0.2, 0) is 4.79 Å². The molecule has 0 aliphatic rings. The van der Waals surface area contributed by atoms with Crippen LogP contribution in [0, 0.1) is 5.92 Å². The molecule has 0 spiro atoms. The molecule has 3 heteroatoms. The summed E-state index contributed by atoms with van der Waals surface area (Å²) in [6.45, 7) is 6.31. The van der Waals surface area contributed by atoms with Crippen LogP contribution in [0.1, 0.15) is 38.8 Å². The van der Waals surface area contributed by atoms with Crippen molar-refractivity contribution in [2.24, 2.45) is 5.92 Å². The van der Waals surface area contributed by atoms with Crippen molar-refractivity contribution in [2.45, 2.75) is 39.3 Å². The van der Waals surface area contributed by atoms with Crippen molar-refractivity contribution < 1.29 is 4.79 Å². The molecule has 0 heterocycles. The van der Waals surface area contributed by atoms with Gasteiger partial charge < -0.3 is 5.32 Å². The Balaban J connectivity index is 2.02. The van der Waals surface area contributed by atoms with Gasteiger partial charge in [0.25, 0.3) is 0 Å². The molecule has 122 valence electrons. The van der Waals surface area contributed by atoms with Gasteiger partial charge in [-0.3, -0.25) is 10.1 Å². The molecule has 0 fully saturated rings. The van der Waals surface area contributed by atoms with Gasteiger partial charge in [-0.2, -0.15) is 0 Å². The zero-order chi connectivity index (χ0) is 16.7. The summed E-state index contributed by atoms with van der Waals surface area (Å²) in [5.74, 6) is 0.540. The normalized spacial score (nSPS) is 13.6. The third-order valence-corrected chi connectivity index (χ3v) is 3.79. The van der Waals surface area contributed by atoms with Gasteiger partial charge in [0, 0.05) is 11.7 Å². The Morgan fingerprint density at radius 3 is 2.04 bits per heavy atom. The number of hydrogen-bond acceptors (Lipinski definition) is 2. The summed E-state index contributed by atoms with van der Waals surface area (Å²) < 4.78 is 0. The van der Waals surface area contributed by atoms with Crippen molar-refractivity contribution in [3.63, 3.8) is 0 Å². The fourth-order valence-corrected chi connectivity index (χ4v) is 2.61. The lowest BCUT2D eigenvalue weighted by Crippen LogP contribution is -2.40. The molecule has 0 saturated heterocycles. The minimum Gasteiger partial charge on any atom is -0.325 e. The molecule has 23 heavy (non-hydrogen) atoms. The molecule has 0 bridgehead atoms. The van der Waals surface area contributed by atoms with Crippen molar-refractivity contribution in [1.29, 1.82) is 0 Å². The molecule has 2 aromatic carbocycles. The quantitative estimate of drug-likeness (QED) is 0.796. The fraction of sp³-hybridized carbons (Fsp3) is 0.350. The van der Waals surface area contributed by atoms with Crippen molar-refractivity contribution in [1.82, 2.24) is 5.32 Å².